The summed E-state index contributed by atoms with van der Waals surface area (Å²) in [7, 11) is 1.52. The van der Waals surface area contributed by atoms with E-state index in [9.17, 15) is 9.18 Å². The van der Waals surface area contributed by atoms with Crippen LogP contribution in [0.5, 0.6) is 5.75 Å². The third-order valence-electron chi connectivity index (χ3n) is 2.81. The first-order valence-corrected chi connectivity index (χ1v) is 5.81. The Morgan fingerprint density at radius 3 is 2.74 bits per heavy atom. The molecule has 2 aromatic rings. The molecule has 0 spiro atoms. The van der Waals surface area contributed by atoms with Gasteiger partial charge in [-0.15, -0.1) is 0 Å². The zero-order valence-corrected chi connectivity index (χ0v) is 10.5. The molecule has 0 saturated carbocycles. The van der Waals surface area contributed by atoms with Crippen molar-refractivity contribution < 1.29 is 13.9 Å². The topological polar surface area (TPSA) is 52.3 Å². The van der Waals surface area contributed by atoms with Crippen molar-refractivity contribution in [2.45, 2.75) is 6.42 Å². The van der Waals surface area contributed by atoms with Gasteiger partial charge in [0.15, 0.2) is 5.78 Å². The number of nitrogen functional groups attached to an aromatic ring is 1. The van der Waals surface area contributed by atoms with Crippen LogP contribution in [0.2, 0.25) is 0 Å². The Labute approximate surface area is 110 Å². The van der Waals surface area contributed by atoms with Gasteiger partial charge in [-0.2, -0.15) is 0 Å². The summed E-state index contributed by atoms with van der Waals surface area (Å²) < 4.78 is 18.1. The number of carbonyl (C=O) groups excluding carboxylic acids is 1. The second-order valence-corrected chi connectivity index (χ2v) is 4.18. The van der Waals surface area contributed by atoms with Gasteiger partial charge in [0, 0.05) is 17.7 Å². The largest absolute Gasteiger partial charge is 0.497 e. The van der Waals surface area contributed by atoms with Crippen molar-refractivity contribution >= 4 is 11.5 Å². The summed E-state index contributed by atoms with van der Waals surface area (Å²) in [6.45, 7) is 0. The number of methoxy groups -OCH3 is 1. The SMILES string of the molecule is COc1ccc(N)c(C(=O)Cc2cccc(F)c2)c1. The van der Waals surface area contributed by atoms with Crippen LogP contribution >= 0.6 is 0 Å². The van der Waals surface area contributed by atoms with Gasteiger partial charge in [0.2, 0.25) is 0 Å². The van der Waals surface area contributed by atoms with E-state index in [0.717, 1.165) is 0 Å². The first-order valence-electron chi connectivity index (χ1n) is 5.81. The summed E-state index contributed by atoms with van der Waals surface area (Å²) in [4.78, 5) is 12.2. The summed E-state index contributed by atoms with van der Waals surface area (Å²) in [5, 5.41) is 0. The van der Waals surface area contributed by atoms with E-state index in [1.54, 1.807) is 30.3 Å². The van der Waals surface area contributed by atoms with E-state index in [4.69, 9.17) is 10.5 Å². The highest BCUT2D eigenvalue weighted by atomic mass is 19.1. The van der Waals surface area contributed by atoms with E-state index in [0.29, 0.717) is 22.6 Å². The van der Waals surface area contributed by atoms with Crippen LogP contribution in [0.15, 0.2) is 42.5 Å². The molecule has 2 rings (SSSR count). The van der Waals surface area contributed by atoms with Gasteiger partial charge in [-0.25, -0.2) is 4.39 Å². The number of benzene rings is 2. The van der Waals surface area contributed by atoms with Crippen LogP contribution in [0.25, 0.3) is 0 Å². The number of anilines is 1. The Balaban J connectivity index is 2.25. The van der Waals surface area contributed by atoms with Crippen molar-refractivity contribution in [3.63, 3.8) is 0 Å². The maximum Gasteiger partial charge on any atom is 0.169 e. The van der Waals surface area contributed by atoms with Crippen molar-refractivity contribution in [2.24, 2.45) is 0 Å². The van der Waals surface area contributed by atoms with E-state index in [2.05, 4.69) is 0 Å². The average Bonchev–Trinajstić information content (AvgIpc) is 2.39. The lowest BCUT2D eigenvalue weighted by atomic mass is 10.0. The molecule has 2 N–H and O–H groups in total. The maximum atomic E-state index is 13.1. The standard InChI is InChI=1S/C15H14FNO2/c1-19-12-5-6-14(17)13(9-12)15(18)8-10-3-2-4-11(16)7-10/h2-7,9H,8,17H2,1H3. The normalized spacial score (nSPS) is 10.2. The molecule has 0 aliphatic heterocycles. The number of hydrogen-bond donors (Lipinski definition) is 1. The average molecular weight is 259 g/mol. The summed E-state index contributed by atoms with van der Waals surface area (Å²) >= 11 is 0. The van der Waals surface area contributed by atoms with Crippen LogP contribution in [-0.2, 0) is 6.42 Å². The van der Waals surface area contributed by atoms with Crippen molar-refractivity contribution in [3.05, 3.63) is 59.4 Å². The fraction of sp³-hybridized carbons (Fsp3) is 0.133. The molecule has 0 saturated heterocycles. The summed E-state index contributed by atoms with van der Waals surface area (Å²) in [5.74, 6) is 0.0442. The van der Waals surface area contributed by atoms with Gasteiger partial charge in [0.1, 0.15) is 11.6 Å². The fourth-order valence-corrected chi connectivity index (χ4v) is 1.83. The van der Waals surface area contributed by atoms with Gasteiger partial charge in [-0.05, 0) is 35.9 Å². The molecule has 4 heteroatoms. The second-order valence-electron chi connectivity index (χ2n) is 4.18. The zero-order chi connectivity index (χ0) is 13.8. The molecule has 3 nitrogen and oxygen atoms in total. The van der Waals surface area contributed by atoms with Crippen LogP contribution in [0.3, 0.4) is 0 Å². The van der Waals surface area contributed by atoms with Crippen LogP contribution in [0.4, 0.5) is 10.1 Å². The maximum absolute atomic E-state index is 13.1. The number of carbonyl (C=O) groups is 1. The second kappa shape index (κ2) is 5.52. The number of nitrogens with two attached hydrogens (primary N) is 1. The third kappa shape index (κ3) is 3.10. The summed E-state index contributed by atoms with van der Waals surface area (Å²) in [6.07, 6.45) is 0.106. The molecule has 0 amide bonds. The summed E-state index contributed by atoms with van der Waals surface area (Å²) in [5.41, 5.74) is 7.18. The van der Waals surface area contributed by atoms with Gasteiger partial charge < -0.3 is 10.5 Å². The van der Waals surface area contributed by atoms with E-state index in [1.165, 1.54) is 19.2 Å². The Morgan fingerprint density at radius 1 is 1.26 bits per heavy atom. The number of Topliss-reactive ketones (excluding diaryl/α,β-unsaturated/α-hetero) is 1. The van der Waals surface area contributed by atoms with Crippen molar-refractivity contribution in [1.82, 2.24) is 0 Å². The quantitative estimate of drug-likeness (QED) is 0.678. The highest BCUT2D eigenvalue weighted by Gasteiger charge is 2.12. The Morgan fingerprint density at radius 2 is 2.05 bits per heavy atom. The van der Waals surface area contributed by atoms with Gasteiger partial charge >= 0.3 is 0 Å². The van der Waals surface area contributed by atoms with Gasteiger partial charge in [-0.1, -0.05) is 12.1 Å². The van der Waals surface area contributed by atoms with E-state index < -0.39 is 0 Å². The Bertz CT molecular complexity index is 611. The Hall–Kier alpha value is -2.36. The molecule has 0 aromatic heterocycles. The minimum atomic E-state index is -0.357. The lowest BCUT2D eigenvalue weighted by Crippen LogP contribution is -2.07. The molecule has 0 heterocycles. The lowest BCUT2D eigenvalue weighted by molar-refractivity contribution is 0.0993. The molecule has 0 fully saturated rings. The lowest BCUT2D eigenvalue weighted by Gasteiger charge is -2.07. The number of rotatable bonds is 4. The first kappa shape index (κ1) is 13.1. The highest BCUT2D eigenvalue weighted by Crippen LogP contribution is 2.21. The molecule has 0 atom stereocenters. The molecule has 19 heavy (non-hydrogen) atoms. The first-order chi connectivity index (χ1) is 9.10. The molecule has 0 radical (unpaired) electrons. The number of halogens is 1. The van der Waals surface area contributed by atoms with Gasteiger partial charge in [0.05, 0.1) is 7.11 Å². The highest BCUT2D eigenvalue weighted by molar-refractivity contribution is 6.02. The third-order valence-corrected chi connectivity index (χ3v) is 2.81. The van der Waals surface area contributed by atoms with Crippen LogP contribution < -0.4 is 10.5 Å². The summed E-state index contributed by atoms with van der Waals surface area (Å²) in [6, 6.07) is 10.9. The molecule has 0 aliphatic carbocycles. The number of ether oxygens (including phenoxy) is 1. The number of hydrogen-bond acceptors (Lipinski definition) is 3. The molecular weight excluding hydrogens is 245 g/mol. The predicted octanol–water partition coefficient (Wildman–Crippen LogP) is 2.84. The smallest absolute Gasteiger partial charge is 0.169 e. The Kier molecular flexibility index (Phi) is 3.80. The van der Waals surface area contributed by atoms with Gasteiger partial charge in [0.25, 0.3) is 0 Å². The van der Waals surface area contributed by atoms with E-state index in [1.807, 2.05) is 0 Å². The van der Waals surface area contributed by atoms with Crippen molar-refractivity contribution in [1.29, 1.82) is 0 Å². The molecule has 0 bridgehead atoms. The fourth-order valence-electron chi connectivity index (χ4n) is 1.83. The molecule has 0 aliphatic rings. The van der Waals surface area contributed by atoms with E-state index in [-0.39, 0.29) is 18.0 Å². The predicted molar refractivity (Wildman–Crippen MR) is 71.8 cm³/mol. The van der Waals surface area contributed by atoms with Crippen LogP contribution in [0.1, 0.15) is 15.9 Å². The molecule has 98 valence electrons. The molecule has 0 unspecified atom stereocenters. The molecule has 2 aromatic carbocycles. The van der Waals surface area contributed by atoms with E-state index >= 15 is 0 Å². The zero-order valence-electron chi connectivity index (χ0n) is 10.5. The molecular formula is C15H14FNO2. The van der Waals surface area contributed by atoms with Crippen molar-refractivity contribution in [3.8, 4) is 5.75 Å². The minimum Gasteiger partial charge on any atom is -0.497 e. The van der Waals surface area contributed by atoms with Crippen molar-refractivity contribution in [2.75, 3.05) is 12.8 Å². The monoisotopic (exact) mass is 259 g/mol. The van der Waals surface area contributed by atoms with Crippen LogP contribution in [0, 0.1) is 5.82 Å². The van der Waals surface area contributed by atoms with Gasteiger partial charge in [-0.3, -0.25) is 4.79 Å². The van der Waals surface area contributed by atoms with Crippen LogP contribution in [-0.4, -0.2) is 12.9 Å². The number of ketones is 1. The minimum absolute atomic E-state index is 0.106.